The molecular weight excluding hydrogens is 288 g/mol. The molecule has 100 valence electrons. The fraction of sp³-hybridized carbons (Fsp3) is 0.143. The van der Waals surface area contributed by atoms with Gasteiger partial charge >= 0.3 is 0 Å². The first-order valence-electron chi connectivity index (χ1n) is 5.62. The van der Waals surface area contributed by atoms with E-state index in [2.05, 4.69) is 5.32 Å². The van der Waals surface area contributed by atoms with Crippen molar-refractivity contribution < 1.29 is 9.13 Å². The third-order valence-corrected chi connectivity index (χ3v) is 3.24. The van der Waals surface area contributed by atoms with Crippen LogP contribution in [0, 0.1) is 5.82 Å². The third kappa shape index (κ3) is 3.31. The number of hydrogen-bond donors (Lipinski definition) is 1. The minimum Gasteiger partial charge on any atom is -0.495 e. The Kier molecular flexibility index (Phi) is 4.51. The molecule has 0 aliphatic carbocycles. The molecule has 0 aromatic heterocycles. The van der Waals surface area contributed by atoms with Crippen molar-refractivity contribution in [2.24, 2.45) is 0 Å². The molecule has 0 spiro atoms. The Morgan fingerprint density at radius 1 is 1.16 bits per heavy atom. The van der Waals surface area contributed by atoms with E-state index in [4.69, 9.17) is 27.9 Å². The van der Waals surface area contributed by atoms with Gasteiger partial charge in [-0.25, -0.2) is 4.39 Å². The van der Waals surface area contributed by atoms with Crippen molar-refractivity contribution in [1.82, 2.24) is 0 Å². The largest absolute Gasteiger partial charge is 0.495 e. The predicted molar refractivity (Wildman–Crippen MR) is 76.7 cm³/mol. The van der Waals surface area contributed by atoms with E-state index in [1.165, 1.54) is 6.07 Å². The molecule has 1 N–H and O–H groups in total. The highest BCUT2D eigenvalue weighted by Crippen LogP contribution is 2.26. The van der Waals surface area contributed by atoms with Gasteiger partial charge in [-0.1, -0.05) is 35.3 Å². The Labute approximate surface area is 121 Å². The highest BCUT2D eigenvalue weighted by atomic mass is 35.5. The van der Waals surface area contributed by atoms with Crippen molar-refractivity contribution in [2.75, 3.05) is 12.4 Å². The van der Waals surface area contributed by atoms with E-state index in [1.54, 1.807) is 31.4 Å². The van der Waals surface area contributed by atoms with Crippen molar-refractivity contribution in [2.45, 2.75) is 6.54 Å². The van der Waals surface area contributed by atoms with Gasteiger partial charge in [0.2, 0.25) is 0 Å². The van der Waals surface area contributed by atoms with Gasteiger partial charge in [-0.3, -0.25) is 0 Å². The highest BCUT2D eigenvalue weighted by Gasteiger charge is 2.06. The molecule has 0 heterocycles. The summed E-state index contributed by atoms with van der Waals surface area (Å²) >= 11 is 11.7. The Morgan fingerprint density at radius 3 is 2.63 bits per heavy atom. The summed E-state index contributed by atoms with van der Waals surface area (Å²) in [5.74, 6) is 0.156. The molecule has 2 aromatic carbocycles. The van der Waals surface area contributed by atoms with Crippen LogP contribution in [-0.4, -0.2) is 7.11 Å². The first kappa shape index (κ1) is 14.0. The summed E-state index contributed by atoms with van der Waals surface area (Å²) in [6.45, 7) is 0.445. The summed E-state index contributed by atoms with van der Waals surface area (Å²) in [4.78, 5) is 0. The lowest BCUT2D eigenvalue weighted by molar-refractivity contribution is 0.415. The van der Waals surface area contributed by atoms with E-state index >= 15 is 0 Å². The van der Waals surface area contributed by atoms with Crippen LogP contribution in [0.1, 0.15) is 5.56 Å². The van der Waals surface area contributed by atoms with Crippen LogP contribution in [0.4, 0.5) is 10.1 Å². The topological polar surface area (TPSA) is 21.3 Å². The third-order valence-electron chi connectivity index (χ3n) is 2.65. The number of halogens is 3. The monoisotopic (exact) mass is 299 g/mol. The van der Waals surface area contributed by atoms with Crippen LogP contribution in [0.5, 0.6) is 5.75 Å². The van der Waals surface area contributed by atoms with Gasteiger partial charge < -0.3 is 10.1 Å². The van der Waals surface area contributed by atoms with Crippen LogP contribution in [0.3, 0.4) is 0 Å². The number of hydrogen-bond acceptors (Lipinski definition) is 2. The standard InChI is InChI=1S/C14H12Cl2FNO/c1-19-13-6-5-9(7-11(13)16)8-18-12-4-2-3-10(15)14(12)17/h2-7,18H,8H2,1H3. The van der Waals surface area contributed by atoms with E-state index in [0.717, 1.165) is 5.56 Å². The van der Waals surface area contributed by atoms with Crippen LogP contribution in [-0.2, 0) is 6.54 Å². The second-order valence-corrected chi connectivity index (χ2v) is 4.74. The molecule has 0 saturated heterocycles. The van der Waals surface area contributed by atoms with Crippen LogP contribution in [0.15, 0.2) is 36.4 Å². The normalized spacial score (nSPS) is 10.3. The molecule has 2 aromatic rings. The number of methoxy groups -OCH3 is 1. The van der Waals surface area contributed by atoms with Gasteiger partial charge in [0, 0.05) is 6.54 Å². The van der Waals surface area contributed by atoms with Crippen molar-refractivity contribution >= 4 is 28.9 Å². The molecule has 0 fully saturated rings. The van der Waals surface area contributed by atoms with E-state index in [1.807, 2.05) is 6.07 Å². The zero-order valence-corrected chi connectivity index (χ0v) is 11.7. The van der Waals surface area contributed by atoms with E-state index in [-0.39, 0.29) is 5.02 Å². The van der Waals surface area contributed by atoms with Crippen molar-refractivity contribution in [3.63, 3.8) is 0 Å². The second-order valence-electron chi connectivity index (χ2n) is 3.92. The van der Waals surface area contributed by atoms with E-state index < -0.39 is 5.82 Å². The second kappa shape index (κ2) is 6.13. The number of anilines is 1. The minimum absolute atomic E-state index is 0.0952. The van der Waals surface area contributed by atoms with Crippen molar-refractivity contribution in [3.05, 3.63) is 57.8 Å². The Hall–Kier alpha value is -1.45. The Bertz CT molecular complexity index is 590. The zero-order chi connectivity index (χ0) is 13.8. The zero-order valence-electron chi connectivity index (χ0n) is 10.2. The maximum atomic E-state index is 13.7. The Balaban J connectivity index is 2.10. The average Bonchev–Trinajstić information content (AvgIpc) is 2.40. The van der Waals surface area contributed by atoms with Gasteiger partial charge in [0.15, 0.2) is 5.82 Å². The maximum absolute atomic E-state index is 13.7. The number of nitrogens with one attached hydrogen (secondary N) is 1. The first-order valence-corrected chi connectivity index (χ1v) is 6.37. The fourth-order valence-electron chi connectivity index (χ4n) is 1.66. The highest BCUT2D eigenvalue weighted by molar-refractivity contribution is 6.32. The molecule has 0 radical (unpaired) electrons. The predicted octanol–water partition coefficient (Wildman–Crippen LogP) is 4.75. The van der Waals surface area contributed by atoms with Crippen molar-refractivity contribution in [1.29, 1.82) is 0 Å². The lowest BCUT2D eigenvalue weighted by Crippen LogP contribution is -2.01. The molecule has 19 heavy (non-hydrogen) atoms. The van der Waals surface area contributed by atoms with Gasteiger partial charge in [-0.15, -0.1) is 0 Å². The number of benzene rings is 2. The van der Waals surface area contributed by atoms with Gasteiger partial charge in [0.05, 0.1) is 22.8 Å². The molecule has 0 unspecified atom stereocenters. The Morgan fingerprint density at radius 2 is 1.95 bits per heavy atom. The molecule has 0 bridgehead atoms. The smallest absolute Gasteiger partial charge is 0.164 e. The number of rotatable bonds is 4. The van der Waals surface area contributed by atoms with Crippen LogP contribution >= 0.6 is 23.2 Å². The first-order chi connectivity index (χ1) is 9.11. The molecule has 0 atom stereocenters. The van der Waals surface area contributed by atoms with Gasteiger partial charge in [-0.2, -0.15) is 0 Å². The molecule has 0 amide bonds. The van der Waals surface area contributed by atoms with Crippen LogP contribution in [0.25, 0.3) is 0 Å². The quantitative estimate of drug-likeness (QED) is 0.879. The summed E-state index contributed by atoms with van der Waals surface area (Å²) in [5, 5.41) is 3.59. The lowest BCUT2D eigenvalue weighted by Gasteiger charge is -2.10. The minimum atomic E-state index is -0.455. The van der Waals surface area contributed by atoms with E-state index in [0.29, 0.717) is 23.0 Å². The summed E-state index contributed by atoms with van der Waals surface area (Å²) < 4.78 is 18.7. The summed E-state index contributed by atoms with van der Waals surface area (Å²) in [7, 11) is 1.56. The summed E-state index contributed by atoms with van der Waals surface area (Å²) in [6, 6.07) is 10.2. The van der Waals surface area contributed by atoms with Gasteiger partial charge in [-0.05, 0) is 29.8 Å². The molecule has 5 heteroatoms. The average molecular weight is 300 g/mol. The van der Waals surface area contributed by atoms with Gasteiger partial charge in [0.1, 0.15) is 5.75 Å². The molecule has 2 rings (SSSR count). The van der Waals surface area contributed by atoms with Crippen LogP contribution in [0.2, 0.25) is 10.0 Å². The van der Waals surface area contributed by atoms with E-state index in [9.17, 15) is 4.39 Å². The lowest BCUT2D eigenvalue weighted by atomic mass is 10.2. The number of ether oxygens (including phenoxy) is 1. The molecule has 0 saturated carbocycles. The molecular formula is C14H12Cl2FNO. The fourth-order valence-corrected chi connectivity index (χ4v) is 2.11. The molecule has 2 nitrogen and oxygen atoms in total. The summed E-state index contributed by atoms with van der Waals surface area (Å²) in [6.07, 6.45) is 0. The maximum Gasteiger partial charge on any atom is 0.164 e. The van der Waals surface area contributed by atoms with Crippen molar-refractivity contribution in [3.8, 4) is 5.75 Å². The summed E-state index contributed by atoms with van der Waals surface area (Å²) in [5.41, 5.74) is 1.28. The molecule has 0 aliphatic heterocycles. The van der Waals surface area contributed by atoms with Gasteiger partial charge in [0.25, 0.3) is 0 Å². The molecule has 0 aliphatic rings. The SMILES string of the molecule is COc1ccc(CNc2cccc(Cl)c2F)cc1Cl. The van der Waals surface area contributed by atoms with Crippen LogP contribution < -0.4 is 10.1 Å².